The monoisotopic (exact) mass is 336 g/mol. The van der Waals surface area contributed by atoms with E-state index in [1.807, 2.05) is 41.8 Å². The van der Waals surface area contributed by atoms with Crippen LogP contribution in [0.4, 0.5) is 0 Å². The zero-order valence-corrected chi connectivity index (χ0v) is 13.1. The van der Waals surface area contributed by atoms with Crippen LogP contribution in [0.25, 0.3) is 10.8 Å². The molecule has 0 aliphatic heterocycles. The number of esters is 1. The molecule has 0 radical (unpaired) electrons. The largest absolute Gasteiger partial charge is 0.424 e. The van der Waals surface area contributed by atoms with Crippen LogP contribution < -0.4 is 4.74 Å². The van der Waals surface area contributed by atoms with Crippen molar-refractivity contribution >= 4 is 51.3 Å². The van der Waals surface area contributed by atoms with E-state index in [1.165, 1.54) is 11.3 Å². The summed E-state index contributed by atoms with van der Waals surface area (Å²) in [6, 6.07) is 12.8. The highest BCUT2D eigenvalue weighted by molar-refractivity contribution is 7.10. The quantitative estimate of drug-likeness (QED) is 0.475. The third-order valence-corrected chi connectivity index (χ3v) is 4.48. The lowest BCUT2D eigenvalue weighted by molar-refractivity contribution is -0.133. The molecule has 2 nitrogen and oxygen atoms in total. The van der Waals surface area contributed by atoms with Crippen molar-refractivity contribution in [1.82, 2.24) is 0 Å². The molecule has 0 aliphatic carbocycles. The minimum Gasteiger partial charge on any atom is -0.424 e. The summed E-state index contributed by atoms with van der Waals surface area (Å²) in [5.74, 6) is 0.0186. The molecule has 21 heavy (non-hydrogen) atoms. The maximum absolute atomic E-state index is 12.1. The van der Waals surface area contributed by atoms with E-state index >= 15 is 0 Å². The van der Waals surface area contributed by atoms with E-state index < -0.39 is 0 Å². The van der Waals surface area contributed by atoms with E-state index in [2.05, 4.69) is 0 Å². The molecule has 0 aliphatic rings. The average Bonchev–Trinajstić information content (AvgIpc) is 2.96. The fraction of sp³-hybridized carbons (Fsp3) is 0.0625. The second kappa shape index (κ2) is 6.06. The van der Waals surface area contributed by atoms with Crippen molar-refractivity contribution in [2.75, 3.05) is 0 Å². The molecule has 0 bridgehead atoms. The summed E-state index contributed by atoms with van der Waals surface area (Å²) in [5, 5.41) is 4.33. The summed E-state index contributed by atoms with van der Waals surface area (Å²) in [7, 11) is 0. The summed E-state index contributed by atoms with van der Waals surface area (Å²) in [4.78, 5) is 13.0. The van der Waals surface area contributed by atoms with Gasteiger partial charge in [-0.05, 0) is 17.5 Å². The highest BCUT2D eigenvalue weighted by atomic mass is 35.5. The van der Waals surface area contributed by atoms with Crippen molar-refractivity contribution in [2.24, 2.45) is 0 Å². The van der Waals surface area contributed by atoms with Gasteiger partial charge in [-0.3, -0.25) is 4.79 Å². The Bertz CT molecular complexity index is 797. The van der Waals surface area contributed by atoms with Gasteiger partial charge in [0.15, 0.2) is 5.75 Å². The van der Waals surface area contributed by atoms with Crippen LogP contribution in [-0.2, 0) is 11.2 Å². The molecular weight excluding hydrogens is 327 g/mol. The third-order valence-electron chi connectivity index (χ3n) is 3.01. The number of fused-ring (bicyclic) bond motifs is 1. The first-order valence-electron chi connectivity index (χ1n) is 6.25. The lowest BCUT2D eigenvalue weighted by atomic mass is 10.1. The van der Waals surface area contributed by atoms with E-state index in [0.717, 1.165) is 15.6 Å². The van der Waals surface area contributed by atoms with Gasteiger partial charge in [-0.2, -0.15) is 0 Å². The number of carbonyl (C=O) groups is 1. The average molecular weight is 337 g/mol. The molecule has 3 aromatic rings. The van der Waals surface area contributed by atoms with Gasteiger partial charge >= 0.3 is 5.97 Å². The molecule has 2 aromatic carbocycles. The van der Waals surface area contributed by atoms with Gasteiger partial charge in [0.1, 0.15) is 0 Å². The summed E-state index contributed by atoms with van der Waals surface area (Å²) >= 11 is 13.9. The van der Waals surface area contributed by atoms with Crippen molar-refractivity contribution < 1.29 is 9.53 Å². The molecule has 1 heterocycles. The number of carbonyl (C=O) groups excluding carboxylic acids is 1. The molecule has 0 N–H and O–H groups in total. The molecule has 1 aromatic heterocycles. The molecular formula is C16H10Cl2O2S. The Labute approximate surface area is 135 Å². The Hall–Kier alpha value is -1.55. The van der Waals surface area contributed by atoms with Crippen LogP contribution in [0, 0.1) is 0 Å². The van der Waals surface area contributed by atoms with Gasteiger partial charge < -0.3 is 4.74 Å². The summed E-state index contributed by atoms with van der Waals surface area (Å²) < 4.78 is 5.46. The molecule has 5 heteroatoms. The van der Waals surface area contributed by atoms with E-state index in [-0.39, 0.29) is 12.4 Å². The molecule has 0 fully saturated rings. The van der Waals surface area contributed by atoms with E-state index in [9.17, 15) is 4.79 Å². The normalized spacial score (nSPS) is 10.8. The smallest absolute Gasteiger partial charge is 0.316 e. The van der Waals surface area contributed by atoms with Crippen LogP contribution in [0.5, 0.6) is 5.75 Å². The minimum absolute atomic E-state index is 0.227. The highest BCUT2D eigenvalue weighted by Crippen LogP contribution is 2.38. The van der Waals surface area contributed by atoms with Crippen molar-refractivity contribution in [2.45, 2.75) is 6.42 Å². The molecule has 0 saturated heterocycles. The SMILES string of the molecule is O=C(Cc1cccs1)Oc1c(Cl)cc(Cl)c2ccccc12. The first-order chi connectivity index (χ1) is 10.1. The van der Waals surface area contributed by atoms with Crippen molar-refractivity contribution in [3.63, 3.8) is 0 Å². The molecule has 0 spiro atoms. The summed E-state index contributed by atoms with van der Waals surface area (Å²) in [6.07, 6.45) is 0.227. The van der Waals surface area contributed by atoms with Crippen LogP contribution in [-0.4, -0.2) is 5.97 Å². The predicted molar refractivity (Wildman–Crippen MR) is 87.6 cm³/mol. The van der Waals surface area contributed by atoms with E-state index in [4.69, 9.17) is 27.9 Å². The lowest BCUT2D eigenvalue weighted by Crippen LogP contribution is -2.11. The van der Waals surface area contributed by atoms with E-state index in [0.29, 0.717) is 15.8 Å². The topological polar surface area (TPSA) is 26.3 Å². The van der Waals surface area contributed by atoms with Gasteiger partial charge in [-0.25, -0.2) is 0 Å². The van der Waals surface area contributed by atoms with Crippen LogP contribution in [0.15, 0.2) is 47.8 Å². The number of hydrogen-bond acceptors (Lipinski definition) is 3. The number of thiophene rings is 1. The Morgan fingerprint density at radius 1 is 1.05 bits per heavy atom. The Morgan fingerprint density at radius 3 is 2.52 bits per heavy atom. The number of rotatable bonds is 3. The zero-order chi connectivity index (χ0) is 14.8. The molecule has 3 rings (SSSR count). The number of ether oxygens (including phenoxy) is 1. The number of hydrogen-bond donors (Lipinski definition) is 0. The fourth-order valence-electron chi connectivity index (χ4n) is 2.08. The van der Waals surface area contributed by atoms with Gasteiger partial charge in [-0.1, -0.05) is 53.5 Å². The fourth-order valence-corrected chi connectivity index (χ4v) is 3.35. The van der Waals surface area contributed by atoms with Crippen molar-refractivity contribution in [3.8, 4) is 5.75 Å². The second-order valence-corrected chi connectivity index (χ2v) is 6.29. The first-order valence-corrected chi connectivity index (χ1v) is 7.88. The van der Waals surface area contributed by atoms with Gasteiger partial charge in [0.2, 0.25) is 0 Å². The maximum atomic E-state index is 12.1. The first kappa shape index (κ1) is 14.4. The third kappa shape index (κ3) is 3.05. The molecule has 0 saturated carbocycles. The van der Waals surface area contributed by atoms with Crippen molar-refractivity contribution in [3.05, 3.63) is 62.8 Å². The number of halogens is 2. The minimum atomic E-state index is -0.341. The highest BCUT2D eigenvalue weighted by Gasteiger charge is 2.15. The molecule has 106 valence electrons. The summed E-state index contributed by atoms with van der Waals surface area (Å²) in [6.45, 7) is 0. The number of benzene rings is 2. The van der Waals surface area contributed by atoms with Gasteiger partial charge in [0, 0.05) is 15.6 Å². The molecule has 0 amide bonds. The Morgan fingerprint density at radius 2 is 1.81 bits per heavy atom. The Kier molecular flexibility index (Phi) is 4.15. The van der Waals surface area contributed by atoms with Crippen LogP contribution >= 0.6 is 34.5 Å². The Balaban J connectivity index is 1.95. The predicted octanol–water partition coefficient (Wildman–Crippen LogP) is 5.36. The molecule has 0 unspecified atom stereocenters. The van der Waals surface area contributed by atoms with Gasteiger partial charge in [0.05, 0.1) is 16.5 Å². The zero-order valence-electron chi connectivity index (χ0n) is 10.8. The molecule has 0 atom stereocenters. The lowest BCUT2D eigenvalue weighted by Gasteiger charge is -2.10. The van der Waals surface area contributed by atoms with Crippen LogP contribution in [0.1, 0.15) is 4.88 Å². The van der Waals surface area contributed by atoms with Gasteiger partial charge in [-0.15, -0.1) is 11.3 Å². The van der Waals surface area contributed by atoms with Crippen LogP contribution in [0.3, 0.4) is 0 Å². The van der Waals surface area contributed by atoms with Crippen LogP contribution in [0.2, 0.25) is 10.0 Å². The van der Waals surface area contributed by atoms with Gasteiger partial charge in [0.25, 0.3) is 0 Å². The van der Waals surface area contributed by atoms with E-state index in [1.54, 1.807) is 6.07 Å². The second-order valence-electron chi connectivity index (χ2n) is 4.45. The maximum Gasteiger partial charge on any atom is 0.316 e. The van der Waals surface area contributed by atoms with Crippen molar-refractivity contribution in [1.29, 1.82) is 0 Å². The standard InChI is InChI=1S/C16H10Cl2O2S/c17-13-9-14(18)16(12-6-2-1-5-11(12)13)20-15(19)8-10-4-3-7-21-10/h1-7,9H,8H2. The summed E-state index contributed by atoms with van der Waals surface area (Å²) in [5.41, 5.74) is 0.